The first-order valence-corrected chi connectivity index (χ1v) is 11.1. The molecular formula is C26H24ClNO6. The van der Waals surface area contributed by atoms with Crippen LogP contribution in [0.3, 0.4) is 0 Å². The van der Waals surface area contributed by atoms with Crippen LogP contribution in [0.25, 0.3) is 0 Å². The number of amides is 1. The lowest BCUT2D eigenvalue weighted by molar-refractivity contribution is -0.125. The second-order valence-corrected chi connectivity index (χ2v) is 8.09. The lowest BCUT2D eigenvalue weighted by atomic mass is 10.0. The maximum Gasteiger partial charge on any atom is 0.338 e. The zero-order valence-corrected chi connectivity index (χ0v) is 19.3. The van der Waals surface area contributed by atoms with Gasteiger partial charge < -0.3 is 24.3 Å². The van der Waals surface area contributed by atoms with Gasteiger partial charge >= 0.3 is 5.97 Å². The highest BCUT2D eigenvalue weighted by molar-refractivity contribution is 6.30. The molecule has 0 aliphatic carbocycles. The molecule has 1 heterocycles. The summed E-state index contributed by atoms with van der Waals surface area (Å²) in [7, 11) is 1.48. The van der Waals surface area contributed by atoms with Gasteiger partial charge in [0.25, 0.3) is 5.91 Å². The van der Waals surface area contributed by atoms with Gasteiger partial charge in [-0.25, -0.2) is 4.79 Å². The number of halogens is 1. The summed E-state index contributed by atoms with van der Waals surface area (Å²) in [6.45, 7) is 0.427. The van der Waals surface area contributed by atoms with Gasteiger partial charge in [0.15, 0.2) is 18.1 Å². The van der Waals surface area contributed by atoms with Crippen LogP contribution in [0.2, 0.25) is 5.02 Å². The Morgan fingerprint density at radius 2 is 1.85 bits per heavy atom. The fourth-order valence-electron chi connectivity index (χ4n) is 3.60. The molecule has 1 amide bonds. The number of para-hydroxylation sites is 1. The fraction of sp³-hybridized carbons (Fsp3) is 0.231. The maximum atomic E-state index is 12.5. The van der Waals surface area contributed by atoms with Gasteiger partial charge in [0.1, 0.15) is 12.4 Å². The Bertz CT molecular complexity index is 1160. The lowest BCUT2D eigenvalue weighted by Gasteiger charge is -2.26. The van der Waals surface area contributed by atoms with Crippen LogP contribution >= 0.6 is 11.6 Å². The molecule has 0 spiro atoms. The van der Waals surface area contributed by atoms with Crippen LogP contribution in [0.4, 0.5) is 0 Å². The molecule has 3 aromatic rings. The Hall–Kier alpha value is -3.71. The molecule has 1 aliphatic rings. The lowest BCUT2D eigenvalue weighted by Crippen LogP contribution is -2.35. The van der Waals surface area contributed by atoms with Gasteiger partial charge in [0.2, 0.25) is 0 Å². The average Bonchev–Trinajstić information content (AvgIpc) is 2.87. The van der Waals surface area contributed by atoms with Crippen molar-refractivity contribution in [3.05, 3.63) is 88.4 Å². The normalized spacial score (nSPS) is 14.4. The molecule has 34 heavy (non-hydrogen) atoms. The smallest absolute Gasteiger partial charge is 0.338 e. The molecule has 1 N–H and O–H groups in total. The second-order valence-electron chi connectivity index (χ2n) is 7.65. The SMILES string of the molecule is COc1cc(C(=O)OCC(=O)NC2CCOc3ccccc32)ccc1OCc1ccc(Cl)cc1. The molecule has 0 bridgehead atoms. The summed E-state index contributed by atoms with van der Waals surface area (Å²) in [4.78, 5) is 24.9. The number of hydrogen-bond acceptors (Lipinski definition) is 6. The zero-order valence-electron chi connectivity index (χ0n) is 18.6. The number of carbonyl (C=O) groups is 2. The summed E-state index contributed by atoms with van der Waals surface area (Å²) >= 11 is 5.90. The Labute approximate surface area is 202 Å². The van der Waals surface area contributed by atoms with Gasteiger partial charge in [-0.2, -0.15) is 0 Å². The molecular weight excluding hydrogens is 458 g/mol. The standard InChI is InChI=1S/C26H24ClNO6/c1-31-24-14-18(8-11-23(24)33-15-17-6-9-19(27)10-7-17)26(30)34-16-25(29)28-21-12-13-32-22-5-3-2-4-20(21)22/h2-11,14,21H,12-13,15-16H2,1H3,(H,28,29). The highest BCUT2D eigenvalue weighted by Crippen LogP contribution is 2.32. The number of esters is 1. The average molecular weight is 482 g/mol. The van der Waals surface area contributed by atoms with Crippen molar-refractivity contribution in [3.63, 3.8) is 0 Å². The quantitative estimate of drug-likeness (QED) is 0.468. The van der Waals surface area contributed by atoms with Crippen molar-refractivity contribution in [2.24, 2.45) is 0 Å². The highest BCUT2D eigenvalue weighted by atomic mass is 35.5. The first-order chi connectivity index (χ1) is 16.5. The Kier molecular flexibility index (Phi) is 7.54. The third kappa shape index (κ3) is 5.80. The molecule has 176 valence electrons. The summed E-state index contributed by atoms with van der Waals surface area (Å²) in [5, 5.41) is 3.55. The van der Waals surface area contributed by atoms with Crippen molar-refractivity contribution in [3.8, 4) is 17.2 Å². The number of hydrogen-bond donors (Lipinski definition) is 1. The van der Waals surface area contributed by atoms with E-state index in [2.05, 4.69) is 5.32 Å². The van der Waals surface area contributed by atoms with Gasteiger partial charge in [0, 0.05) is 17.0 Å². The number of carbonyl (C=O) groups excluding carboxylic acids is 2. The molecule has 4 rings (SSSR count). The minimum Gasteiger partial charge on any atom is -0.493 e. The molecule has 0 radical (unpaired) electrons. The van der Waals surface area contributed by atoms with Crippen molar-refractivity contribution >= 4 is 23.5 Å². The van der Waals surface area contributed by atoms with Gasteiger partial charge in [-0.15, -0.1) is 0 Å². The van der Waals surface area contributed by atoms with Crippen LogP contribution in [-0.2, 0) is 16.1 Å². The minimum absolute atomic E-state index is 0.187. The Morgan fingerprint density at radius 3 is 2.65 bits per heavy atom. The van der Waals surface area contributed by atoms with Gasteiger partial charge in [-0.05, 0) is 42.0 Å². The third-order valence-corrected chi connectivity index (χ3v) is 5.59. The van der Waals surface area contributed by atoms with Crippen LogP contribution in [0.1, 0.15) is 33.9 Å². The zero-order chi connectivity index (χ0) is 23.9. The van der Waals surface area contributed by atoms with E-state index in [9.17, 15) is 9.59 Å². The predicted molar refractivity (Wildman–Crippen MR) is 126 cm³/mol. The van der Waals surface area contributed by atoms with E-state index in [1.165, 1.54) is 13.2 Å². The molecule has 0 aromatic heterocycles. The molecule has 3 aromatic carbocycles. The molecule has 1 aliphatic heterocycles. The van der Waals surface area contributed by atoms with Crippen LogP contribution in [0.5, 0.6) is 17.2 Å². The Balaban J connectivity index is 1.32. The molecule has 1 unspecified atom stereocenters. The van der Waals surface area contributed by atoms with Crippen LogP contribution in [0.15, 0.2) is 66.7 Å². The molecule has 0 saturated carbocycles. The first kappa shape index (κ1) is 23.4. The van der Waals surface area contributed by atoms with Crippen LogP contribution < -0.4 is 19.5 Å². The van der Waals surface area contributed by atoms with E-state index in [1.54, 1.807) is 24.3 Å². The van der Waals surface area contributed by atoms with E-state index in [-0.39, 0.29) is 17.5 Å². The summed E-state index contributed by atoms with van der Waals surface area (Å²) in [6, 6.07) is 19.4. The largest absolute Gasteiger partial charge is 0.493 e. The van der Waals surface area contributed by atoms with E-state index < -0.39 is 12.6 Å². The number of nitrogens with one attached hydrogen (secondary N) is 1. The first-order valence-electron chi connectivity index (χ1n) is 10.8. The molecule has 0 fully saturated rings. The van der Waals surface area contributed by atoms with Crippen molar-refractivity contribution in [1.82, 2.24) is 5.32 Å². The van der Waals surface area contributed by atoms with E-state index in [1.807, 2.05) is 36.4 Å². The summed E-state index contributed by atoms with van der Waals surface area (Å²) in [6.07, 6.45) is 0.644. The molecule has 1 atom stereocenters. The summed E-state index contributed by atoms with van der Waals surface area (Å²) in [5.41, 5.74) is 2.10. The number of benzene rings is 3. The number of methoxy groups -OCH3 is 1. The second kappa shape index (κ2) is 10.9. The van der Waals surface area contributed by atoms with E-state index in [4.69, 9.17) is 30.5 Å². The fourth-order valence-corrected chi connectivity index (χ4v) is 3.72. The molecule has 0 saturated heterocycles. The van der Waals surface area contributed by atoms with Gasteiger partial charge in [-0.3, -0.25) is 4.79 Å². The van der Waals surface area contributed by atoms with Crippen LogP contribution in [-0.4, -0.2) is 32.2 Å². The predicted octanol–water partition coefficient (Wildman–Crippen LogP) is 4.72. The summed E-state index contributed by atoms with van der Waals surface area (Å²) in [5.74, 6) is 0.591. The third-order valence-electron chi connectivity index (χ3n) is 5.34. The number of rotatable bonds is 8. The highest BCUT2D eigenvalue weighted by Gasteiger charge is 2.23. The van der Waals surface area contributed by atoms with Crippen molar-refractivity contribution in [1.29, 1.82) is 0 Å². The van der Waals surface area contributed by atoms with E-state index in [0.717, 1.165) is 16.9 Å². The van der Waals surface area contributed by atoms with E-state index in [0.29, 0.717) is 36.2 Å². The minimum atomic E-state index is -0.634. The number of ether oxygens (including phenoxy) is 4. The monoisotopic (exact) mass is 481 g/mol. The van der Waals surface area contributed by atoms with E-state index >= 15 is 0 Å². The maximum absolute atomic E-state index is 12.5. The van der Waals surface area contributed by atoms with Crippen LogP contribution in [0, 0.1) is 0 Å². The van der Waals surface area contributed by atoms with Gasteiger partial charge in [0.05, 0.1) is 25.3 Å². The van der Waals surface area contributed by atoms with Crippen molar-refractivity contribution in [2.75, 3.05) is 20.3 Å². The molecule has 8 heteroatoms. The van der Waals surface area contributed by atoms with Crippen molar-refractivity contribution < 1.29 is 28.5 Å². The topological polar surface area (TPSA) is 83.1 Å². The summed E-state index contributed by atoms with van der Waals surface area (Å²) < 4.78 is 22.0. The van der Waals surface area contributed by atoms with Gasteiger partial charge in [-0.1, -0.05) is 41.9 Å². The van der Waals surface area contributed by atoms with Crippen molar-refractivity contribution in [2.45, 2.75) is 19.1 Å². The number of fused-ring (bicyclic) bond motifs is 1. The molecule has 7 nitrogen and oxygen atoms in total. The Morgan fingerprint density at radius 1 is 1.06 bits per heavy atom.